The number of carbonyl (C=O) groups excluding carboxylic acids is 2. The van der Waals surface area contributed by atoms with Gasteiger partial charge >= 0.3 is 0 Å². The summed E-state index contributed by atoms with van der Waals surface area (Å²) in [6, 6.07) is 13.5. The normalized spacial score (nSPS) is 12.0. The highest BCUT2D eigenvalue weighted by atomic mass is 19.2. The molecule has 2 amide bonds. The van der Waals surface area contributed by atoms with Crippen LogP contribution in [-0.2, 0) is 19.5 Å². The van der Waals surface area contributed by atoms with E-state index in [0.29, 0.717) is 17.7 Å². The Labute approximate surface area is 222 Å². The van der Waals surface area contributed by atoms with Gasteiger partial charge in [0, 0.05) is 31.4 Å². The topological polar surface area (TPSA) is 106 Å². The Hall–Kier alpha value is -4.99. The third kappa shape index (κ3) is 5.35. The van der Waals surface area contributed by atoms with E-state index >= 15 is 0 Å². The van der Waals surface area contributed by atoms with Crippen LogP contribution in [-0.4, -0.2) is 33.4 Å². The summed E-state index contributed by atoms with van der Waals surface area (Å²) >= 11 is 0. The van der Waals surface area contributed by atoms with Gasteiger partial charge in [0.1, 0.15) is 11.3 Å². The molecule has 0 radical (unpaired) electrons. The fourth-order valence-corrected chi connectivity index (χ4v) is 4.44. The van der Waals surface area contributed by atoms with Crippen molar-refractivity contribution in [1.29, 1.82) is 0 Å². The van der Waals surface area contributed by atoms with E-state index in [1.807, 2.05) is 18.2 Å². The lowest BCUT2D eigenvalue weighted by molar-refractivity contribution is 0.0946. The SMILES string of the molecule is CNC(=O)c1cc(C2=CCc3ncccc32)cc(CNC(=O)c2cccn(Cc3ccc(F)c(F)c3)c2=O)n1. The van der Waals surface area contributed by atoms with Gasteiger partial charge in [-0.15, -0.1) is 0 Å². The van der Waals surface area contributed by atoms with Crippen molar-refractivity contribution in [3.8, 4) is 0 Å². The summed E-state index contributed by atoms with van der Waals surface area (Å²) in [5.74, 6) is -3.02. The number of hydrogen-bond acceptors (Lipinski definition) is 5. The first-order valence-electron chi connectivity index (χ1n) is 12.1. The van der Waals surface area contributed by atoms with Crippen LogP contribution in [0.15, 0.2) is 77.9 Å². The van der Waals surface area contributed by atoms with Crippen LogP contribution >= 0.6 is 0 Å². The number of halogens is 2. The molecule has 0 unspecified atom stereocenters. The Balaban J connectivity index is 1.38. The molecule has 0 atom stereocenters. The fourth-order valence-electron chi connectivity index (χ4n) is 4.44. The molecule has 3 heterocycles. The van der Waals surface area contributed by atoms with E-state index < -0.39 is 23.1 Å². The lowest BCUT2D eigenvalue weighted by Gasteiger charge is -2.12. The maximum atomic E-state index is 13.6. The molecule has 1 aromatic carbocycles. The van der Waals surface area contributed by atoms with Gasteiger partial charge in [0.15, 0.2) is 11.6 Å². The summed E-state index contributed by atoms with van der Waals surface area (Å²) in [7, 11) is 1.51. The van der Waals surface area contributed by atoms with Crippen LogP contribution in [0.1, 0.15) is 48.9 Å². The van der Waals surface area contributed by atoms with Gasteiger partial charge in [0.2, 0.25) is 0 Å². The molecule has 1 aliphatic rings. The molecule has 0 bridgehead atoms. The standard InChI is InChI=1S/C29H23F2N5O3/c1-32-28(38)26-14-18(20-7-9-25-21(20)4-2-10-33-25)13-19(35-26)15-34-27(37)22-5-3-11-36(29(22)39)16-17-6-8-23(30)24(31)12-17/h2-8,10-14H,9,15-16H2,1H3,(H,32,38)(H,34,37). The van der Waals surface area contributed by atoms with E-state index in [2.05, 4.69) is 20.6 Å². The summed E-state index contributed by atoms with van der Waals surface area (Å²) in [4.78, 5) is 47.1. The number of allylic oxidation sites excluding steroid dienone is 1. The molecule has 0 saturated heterocycles. The second kappa shape index (κ2) is 10.8. The van der Waals surface area contributed by atoms with Gasteiger partial charge in [-0.25, -0.2) is 13.8 Å². The molecule has 8 nitrogen and oxygen atoms in total. The molecule has 0 aliphatic heterocycles. The van der Waals surface area contributed by atoms with Gasteiger partial charge in [0.05, 0.1) is 24.5 Å². The maximum absolute atomic E-state index is 13.6. The van der Waals surface area contributed by atoms with E-state index in [9.17, 15) is 23.2 Å². The lowest BCUT2D eigenvalue weighted by Crippen LogP contribution is -2.33. The van der Waals surface area contributed by atoms with Crippen LogP contribution in [0.3, 0.4) is 0 Å². The van der Waals surface area contributed by atoms with Crippen molar-refractivity contribution >= 4 is 17.4 Å². The number of carbonyl (C=O) groups is 2. The quantitative estimate of drug-likeness (QED) is 0.384. The highest BCUT2D eigenvalue weighted by molar-refractivity contribution is 5.95. The third-order valence-corrected chi connectivity index (χ3v) is 6.36. The van der Waals surface area contributed by atoms with Gasteiger partial charge in [-0.05, 0) is 59.2 Å². The zero-order chi connectivity index (χ0) is 27.5. The van der Waals surface area contributed by atoms with E-state index in [1.165, 1.54) is 36.0 Å². The zero-order valence-electron chi connectivity index (χ0n) is 20.9. The predicted molar refractivity (Wildman–Crippen MR) is 140 cm³/mol. The first kappa shape index (κ1) is 25.7. The minimum atomic E-state index is -1.02. The molecule has 196 valence electrons. The number of hydrogen-bond donors (Lipinski definition) is 2. The van der Waals surface area contributed by atoms with Crippen LogP contribution in [0.25, 0.3) is 5.57 Å². The second-order valence-electron chi connectivity index (χ2n) is 8.92. The highest BCUT2D eigenvalue weighted by Gasteiger charge is 2.20. The van der Waals surface area contributed by atoms with Crippen LogP contribution in [0.5, 0.6) is 0 Å². The first-order chi connectivity index (χ1) is 18.8. The van der Waals surface area contributed by atoms with Crippen molar-refractivity contribution in [2.75, 3.05) is 7.05 Å². The van der Waals surface area contributed by atoms with Crippen molar-refractivity contribution in [2.45, 2.75) is 19.5 Å². The first-order valence-corrected chi connectivity index (χ1v) is 12.1. The van der Waals surface area contributed by atoms with Crippen molar-refractivity contribution < 1.29 is 18.4 Å². The molecule has 2 N–H and O–H groups in total. The summed E-state index contributed by atoms with van der Waals surface area (Å²) in [6.07, 6.45) is 5.89. The van der Waals surface area contributed by atoms with Crippen molar-refractivity contribution in [1.82, 2.24) is 25.2 Å². The zero-order valence-corrected chi connectivity index (χ0v) is 20.9. The van der Waals surface area contributed by atoms with Crippen molar-refractivity contribution in [2.24, 2.45) is 0 Å². The number of fused-ring (bicyclic) bond motifs is 1. The number of pyridine rings is 3. The minimum Gasteiger partial charge on any atom is -0.354 e. The molecule has 5 rings (SSSR count). The van der Waals surface area contributed by atoms with Gasteiger partial charge in [-0.1, -0.05) is 18.2 Å². The molecule has 0 spiro atoms. The number of aromatic nitrogens is 3. The van der Waals surface area contributed by atoms with Gasteiger partial charge in [-0.2, -0.15) is 0 Å². The van der Waals surface area contributed by atoms with Crippen molar-refractivity contribution in [3.63, 3.8) is 0 Å². The Bertz CT molecular complexity index is 1700. The van der Waals surface area contributed by atoms with Gasteiger partial charge in [0.25, 0.3) is 17.4 Å². The molecule has 4 aromatic rings. The molecule has 39 heavy (non-hydrogen) atoms. The lowest BCUT2D eigenvalue weighted by atomic mass is 10.00. The van der Waals surface area contributed by atoms with E-state index in [0.717, 1.165) is 34.5 Å². The number of rotatable bonds is 7. The Morgan fingerprint density at radius 1 is 1.03 bits per heavy atom. The average Bonchev–Trinajstić information content (AvgIpc) is 3.38. The second-order valence-corrected chi connectivity index (χ2v) is 8.92. The summed E-state index contributed by atoms with van der Waals surface area (Å²) in [5, 5.41) is 5.26. The van der Waals surface area contributed by atoms with E-state index in [4.69, 9.17) is 0 Å². The van der Waals surface area contributed by atoms with E-state index in [1.54, 1.807) is 18.3 Å². The average molecular weight is 528 g/mol. The van der Waals surface area contributed by atoms with Crippen LogP contribution in [0.4, 0.5) is 8.78 Å². The minimum absolute atomic E-state index is 0.0400. The predicted octanol–water partition coefficient (Wildman–Crippen LogP) is 3.24. The highest BCUT2D eigenvalue weighted by Crippen LogP contribution is 2.32. The molecule has 1 aliphatic carbocycles. The van der Waals surface area contributed by atoms with Crippen LogP contribution < -0.4 is 16.2 Å². The van der Waals surface area contributed by atoms with E-state index in [-0.39, 0.29) is 30.3 Å². The Kier molecular flexibility index (Phi) is 7.09. The summed E-state index contributed by atoms with van der Waals surface area (Å²) in [5.41, 5.74) is 3.84. The molecule has 0 saturated carbocycles. The monoisotopic (exact) mass is 527 g/mol. The number of nitrogens with zero attached hydrogens (tertiary/aromatic N) is 3. The Morgan fingerprint density at radius 3 is 2.67 bits per heavy atom. The summed E-state index contributed by atoms with van der Waals surface area (Å²) in [6.45, 7) is -0.0803. The third-order valence-electron chi connectivity index (χ3n) is 6.36. The molecular weight excluding hydrogens is 504 g/mol. The fraction of sp³-hybridized carbons (Fsp3) is 0.138. The smallest absolute Gasteiger partial charge is 0.269 e. The van der Waals surface area contributed by atoms with Gasteiger partial charge in [-0.3, -0.25) is 19.4 Å². The number of benzene rings is 1. The van der Waals surface area contributed by atoms with Crippen molar-refractivity contribution in [3.05, 3.63) is 134 Å². The number of amides is 2. The molecule has 3 aromatic heterocycles. The Morgan fingerprint density at radius 2 is 1.87 bits per heavy atom. The van der Waals surface area contributed by atoms with Crippen LogP contribution in [0.2, 0.25) is 0 Å². The molecule has 0 fully saturated rings. The maximum Gasteiger partial charge on any atom is 0.269 e. The molecule has 10 heteroatoms. The largest absolute Gasteiger partial charge is 0.354 e. The van der Waals surface area contributed by atoms with Gasteiger partial charge < -0.3 is 15.2 Å². The summed E-state index contributed by atoms with van der Waals surface area (Å²) < 4.78 is 28.1. The number of nitrogens with one attached hydrogen (secondary N) is 2. The molecular formula is C29H23F2N5O3. The van der Waals surface area contributed by atoms with Crippen LogP contribution in [0, 0.1) is 11.6 Å².